The van der Waals surface area contributed by atoms with E-state index in [1.54, 1.807) is 6.08 Å². The molecule has 260 valence electrons. The van der Waals surface area contributed by atoms with E-state index in [0.29, 0.717) is 0 Å². The van der Waals surface area contributed by atoms with E-state index in [1.165, 1.54) is 0 Å². The topological polar surface area (TPSA) is 74.3 Å². The van der Waals surface area contributed by atoms with Crippen LogP contribution in [0.1, 0.15) is 47.6 Å². The van der Waals surface area contributed by atoms with Gasteiger partial charge in [0, 0.05) is 19.2 Å². The maximum atomic E-state index is 13.4. The van der Waals surface area contributed by atoms with Gasteiger partial charge in [-0.15, -0.1) is 22.1 Å². The molecule has 1 saturated heterocycles. The average Bonchev–Trinajstić information content (AvgIpc) is 4.04. The second-order valence-electron chi connectivity index (χ2n) is 13.2. The summed E-state index contributed by atoms with van der Waals surface area (Å²) < 4.78 is 0. The van der Waals surface area contributed by atoms with Gasteiger partial charge in [0.15, 0.2) is 0 Å². The smallest absolute Gasteiger partial charge is 0.657 e. The first-order valence-electron chi connectivity index (χ1n) is 17.9. The molecular formula is C46H35N5NiO. The average molecular weight is 733 g/mol. The zero-order valence-electron chi connectivity index (χ0n) is 28.9. The fourth-order valence-electron chi connectivity index (χ4n) is 7.36. The standard InChI is InChI=1S/C46H36N5O.Ni/c52-43(51-29-11-4-12-30-51)28-19-34-35-20-22-37(47-35)44(31-13-5-1-6-14-31)39-24-26-41(49-39)46(33-17-9-3-10-18-33)42-27-25-40(50-42)45(32-15-7-2-8-16-32)38-23-21-36(34)48-38;/h1-3,5-10,13-28H,4,11-12,29-30H2,(H-,47,48,49,50,52);/q-1;+2/p-1. The SMILES string of the molecule is O=C(/C=C/c1c2nc(c(-c3ccccc3)c3ccc([n-]3)c(-c3ccccc3)c3nc(c(-c4ccccc4)c4ccc1[n-]4)C=C3)C=C2)N1CCCCC1.[Ni+2]. The number of amides is 1. The maximum absolute atomic E-state index is 13.4. The molecule has 0 N–H and O–H groups in total. The Bertz CT molecular complexity index is 2520. The Labute approximate surface area is 318 Å². The third-order valence-corrected chi connectivity index (χ3v) is 9.90. The molecular weight excluding hydrogens is 697 g/mol. The molecule has 1 fully saturated rings. The number of hydrogen-bond acceptors (Lipinski definition) is 3. The molecule has 6 nitrogen and oxygen atoms in total. The second kappa shape index (κ2) is 14.9. The van der Waals surface area contributed by atoms with Crippen LogP contribution in [-0.2, 0) is 21.3 Å². The number of likely N-dealkylation sites (tertiary alicyclic amines) is 1. The number of carbonyl (C=O) groups is 1. The summed E-state index contributed by atoms with van der Waals surface area (Å²) in [7, 11) is 0. The minimum absolute atomic E-state index is 0. The van der Waals surface area contributed by atoms with Crippen molar-refractivity contribution in [1.82, 2.24) is 24.8 Å². The van der Waals surface area contributed by atoms with Gasteiger partial charge >= 0.3 is 16.5 Å². The predicted octanol–water partition coefficient (Wildman–Crippen LogP) is 9.94. The summed E-state index contributed by atoms with van der Waals surface area (Å²) in [5.41, 5.74) is 13.0. The van der Waals surface area contributed by atoms with E-state index in [-0.39, 0.29) is 22.4 Å². The fraction of sp³-hybridized carbons (Fsp3) is 0.109. The number of hydrogen-bond donors (Lipinski definition) is 0. The van der Waals surface area contributed by atoms with E-state index in [0.717, 1.165) is 116 Å². The number of benzene rings is 3. The van der Waals surface area contributed by atoms with E-state index in [9.17, 15) is 4.79 Å². The number of carbonyl (C=O) groups excluding carboxylic acids is 1. The molecule has 53 heavy (non-hydrogen) atoms. The molecule has 9 rings (SSSR count). The molecule has 6 aromatic rings. The summed E-state index contributed by atoms with van der Waals surface area (Å²) in [6.07, 6.45) is 15.0. The van der Waals surface area contributed by atoms with E-state index in [1.807, 2.05) is 89.9 Å². The minimum atomic E-state index is 0. The number of fused-ring (bicyclic) bond motifs is 8. The van der Waals surface area contributed by atoms with Crippen molar-refractivity contribution in [2.75, 3.05) is 13.1 Å². The molecule has 6 heterocycles. The zero-order valence-corrected chi connectivity index (χ0v) is 29.9. The molecule has 8 bridgehead atoms. The van der Waals surface area contributed by atoms with Crippen molar-refractivity contribution in [3.63, 3.8) is 0 Å². The first-order valence-corrected chi connectivity index (χ1v) is 17.9. The molecule has 3 aliphatic heterocycles. The summed E-state index contributed by atoms with van der Waals surface area (Å²) in [6, 6.07) is 39.1. The summed E-state index contributed by atoms with van der Waals surface area (Å²) in [4.78, 5) is 36.4. The van der Waals surface area contributed by atoms with Gasteiger partial charge in [0.25, 0.3) is 0 Å². The van der Waals surface area contributed by atoms with Crippen LogP contribution < -0.4 is 9.97 Å². The summed E-state index contributed by atoms with van der Waals surface area (Å²) >= 11 is 0. The second-order valence-corrected chi connectivity index (χ2v) is 13.2. The van der Waals surface area contributed by atoms with Gasteiger partial charge in [0.1, 0.15) is 0 Å². The van der Waals surface area contributed by atoms with Gasteiger partial charge in [-0.2, -0.15) is 0 Å². The van der Waals surface area contributed by atoms with Crippen molar-refractivity contribution in [2.24, 2.45) is 0 Å². The van der Waals surface area contributed by atoms with Crippen LogP contribution in [0.4, 0.5) is 0 Å². The monoisotopic (exact) mass is 731 g/mol. The van der Waals surface area contributed by atoms with Gasteiger partial charge in [-0.3, -0.25) is 4.79 Å². The van der Waals surface area contributed by atoms with Gasteiger partial charge < -0.3 is 14.9 Å². The van der Waals surface area contributed by atoms with Crippen LogP contribution in [0.15, 0.2) is 121 Å². The van der Waals surface area contributed by atoms with Crippen LogP contribution in [0.3, 0.4) is 0 Å². The Balaban J connectivity index is 0.00000400. The van der Waals surface area contributed by atoms with Crippen molar-refractivity contribution < 1.29 is 21.3 Å². The molecule has 3 aromatic carbocycles. The maximum Gasteiger partial charge on any atom is 2.00 e. The van der Waals surface area contributed by atoms with Gasteiger partial charge in [-0.1, -0.05) is 115 Å². The van der Waals surface area contributed by atoms with E-state index < -0.39 is 0 Å². The first kappa shape index (κ1) is 34.1. The molecule has 0 atom stereocenters. The predicted molar refractivity (Wildman–Crippen MR) is 213 cm³/mol. The minimum Gasteiger partial charge on any atom is -0.657 e. The van der Waals surface area contributed by atoms with Gasteiger partial charge in [-0.05, 0) is 88.6 Å². The molecule has 1 amide bonds. The third-order valence-electron chi connectivity index (χ3n) is 9.90. The summed E-state index contributed by atoms with van der Waals surface area (Å²) in [5.74, 6) is 0.0125. The van der Waals surface area contributed by atoms with Crippen molar-refractivity contribution in [2.45, 2.75) is 19.3 Å². The number of aromatic nitrogens is 4. The number of nitrogens with zero attached hydrogens (tertiary/aromatic N) is 5. The van der Waals surface area contributed by atoms with Gasteiger partial charge in [-0.25, -0.2) is 9.97 Å². The first-order chi connectivity index (χ1) is 25.7. The summed E-state index contributed by atoms with van der Waals surface area (Å²) in [5, 5.41) is 0. The molecule has 7 heteroatoms. The Hall–Kier alpha value is -6.04. The largest absolute Gasteiger partial charge is 2.00 e. The van der Waals surface area contributed by atoms with E-state index in [2.05, 4.69) is 60.7 Å². The quantitative estimate of drug-likeness (QED) is 0.130. The van der Waals surface area contributed by atoms with E-state index >= 15 is 0 Å². The van der Waals surface area contributed by atoms with Crippen molar-refractivity contribution in [1.29, 1.82) is 0 Å². The Kier molecular flexibility index (Phi) is 9.58. The van der Waals surface area contributed by atoms with E-state index in [4.69, 9.17) is 19.9 Å². The van der Waals surface area contributed by atoms with Crippen LogP contribution >= 0.6 is 0 Å². The molecule has 0 aliphatic carbocycles. The Morgan fingerprint density at radius 2 is 0.906 bits per heavy atom. The van der Waals surface area contributed by atoms with Crippen LogP contribution in [0.25, 0.3) is 85.8 Å². The molecule has 0 saturated carbocycles. The fourth-order valence-corrected chi connectivity index (χ4v) is 7.36. The molecule has 3 aliphatic rings. The molecule has 0 spiro atoms. The van der Waals surface area contributed by atoms with Crippen LogP contribution in [0.5, 0.6) is 0 Å². The van der Waals surface area contributed by atoms with Crippen molar-refractivity contribution in [3.05, 3.63) is 150 Å². The number of rotatable bonds is 5. The number of piperidine rings is 1. The van der Waals surface area contributed by atoms with Crippen LogP contribution in [-0.4, -0.2) is 33.9 Å². The van der Waals surface area contributed by atoms with Crippen LogP contribution in [0.2, 0.25) is 0 Å². The van der Waals surface area contributed by atoms with Crippen LogP contribution in [0, 0.1) is 0 Å². The molecule has 0 unspecified atom stereocenters. The molecule has 3 aromatic heterocycles. The summed E-state index contributed by atoms with van der Waals surface area (Å²) in [6.45, 7) is 1.57. The van der Waals surface area contributed by atoms with Crippen molar-refractivity contribution in [3.8, 4) is 33.4 Å². The molecule has 0 radical (unpaired) electrons. The Morgan fingerprint density at radius 1 is 0.509 bits per heavy atom. The van der Waals surface area contributed by atoms with Gasteiger partial charge in [0.2, 0.25) is 5.91 Å². The van der Waals surface area contributed by atoms with Gasteiger partial charge in [0.05, 0.1) is 22.8 Å². The van der Waals surface area contributed by atoms with Crippen molar-refractivity contribution >= 4 is 58.4 Å². The Morgan fingerprint density at radius 3 is 1.38 bits per heavy atom. The normalized spacial score (nSPS) is 13.7. The third kappa shape index (κ3) is 6.72. The zero-order chi connectivity index (χ0) is 34.9.